The van der Waals surface area contributed by atoms with Crippen molar-refractivity contribution in [3.8, 4) is 5.75 Å². The minimum atomic E-state index is 0.0509. The fourth-order valence-corrected chi connectivity index (χ4v) is 4.36. The summed E-state index contributed by atoms with van der Waals surface area (Å²) in [4.78, 5) is 16.4. The maximum Gasteiger partial charge on any atom is 0.222 e. The number of ether oxygens (including phenoxy) is 1. The number of carbonyl (C=O) groups excluding carboxylic acids is 1. The van der Waals surface area contributed by atoms with E-state index in [9.17, 15) is 9.90 Å². The molecule has 5 heteroatoms. The number of amides is 1. The lowest BCUT2D eigenvalue weighted by Gasteiger charge is -2.48. The molecule has 1 atom stereocenters. The van der Waals surface area contributed by atoms with Crippen molar-refractivity contribution in [2.75, 3.05) is 45.9 Å². The number of β-amino-alcohol motifs (C(OH)–C–C–N with tert-alkyl or cyclic N) is 1. The number of aliphatic hydroxyl groups excluding tert-OH is 1. The molecule has 1 aromatic carbocycles. The van der Waals surface area contributed by atoms with Gasteiger partial charge in [-0.1, -0.05) is 6.07 Å². The van der Waals surface area contributed by atoms with Gasteiger partial charge in [0.25, 0.3) is 0 Å². The molecule has 2 aliphatic rings. The van der Waals surface area contributed by atoms with E-state index in [0.717, 1.165) is 38.3 Å². The Labute approximate surface area is 156 Å². The highest BCUT2D eigenvalue weighted by Crippen LogP contribution is 2.38. The molecule has 2 fully saturated rings. The number of aliphatic hydroxyl groups is 1. The number of nitrogens with zero attached hydrogens (tertiary/aromatic N) is 2. The molecule has 1 amide bonds. The van der Waals surface area contributed by atoms with E-state index in [2.05, 4.69) is 30.9 Å². The maximum atomic E-state index is 12.1. The number of aryl methyl sites for hydroxylation is 2. The molecule has 5 nitrogen and oxygen atoms in total. The Morgan fingerprint density at radius 3 is 2.77 bits per heavy atom. The van der Waals surface area contributed by atoms with E-state index in [1.54, 1.807) is 0 Å². The van der Waals surface area contributed by atoms with E-state index >= 15 is 0 Å². The standard InChI is InChI=1S/C21H32N2O3/c1-17-4-5-19(14-18(17)2)26-13-11-22-9-3-7-21(15-22)8-6-20(25)23(16-21)10-12-24/h4-5,14,24H,3,6-13,15-16H2,1-2H3. The molecule has 0 aromatic heterocycles. The lowest BCUT2D eigenvalue weighted by molar-refractivity contribution is -0.140. The monoisotopic (exact) mass is 360 g/mol. The normalized spacial score (nSPS) is 24.3. The van der Waals surface area contributed by atoms with Crippen LogP contribution in [-0.2, 0) is 4.79 Å². The Kier molecular flexibility index (Phi) is 6.20. The second-order valence-corrected chi connectivity index (χ2v) is 8.01. The summed E-state index contributed by atoms with van der Waals surface area (Å²) < 4.78 is 5.96. The van der Waals surface area contributed by atoms with E-state index in [1.807, 2.05) is 11.0 Å². The van der Waals surface area contributed by atoms with E-state index in [-0.39, 0.29) is 17.9 Å². The maximum absolute atomic E-state index is 12.1. The molecule has 0 bridgehead atoms. The number of hydrogen-bond donors (Lipinski definition) is 1. The third-order valence-electron chi connectivity index (χ3n) is 6.01. The first-order valence-corrected chi connectivity index (χ1v) is 9.82. The summed E-state index contributed by atoms with van der Waals surface area (Å²) in [6, 6.07) is 6.25. The first-order valence-electron chi connectivity index (χ1n) is 9.82. The zero-order chi connectivity index (χ0) is 18.6. The molecule has 144 valence electrons. The van der Waals surface area contributed by atoms with Gasteiger partial charge < -0.3 is 14.7 Å². The van der Waals surface area contributed by atoms with E-state index < -0.39 is 0 Å². The molecule has 0 saturated carbocycles. The van der Waals surface area contributed by atoms with Gasteiger partial charge in [0.1, 0.15) is 12.4 Å². The number of likely N-dealkylation sites (tertiary alicyclic amines) is 2. The van der Waals surface area contributed by atoms with Crippen molar-refractivity contribution in [1.29, 1.82) is 0 Å². The molecule has 1 spiro atoms. The molecule has 1 aromatic rings. The van der Waals surface area contributed by atoms with Crippen molar-refractivity contribution >= 4 is 5.91 Å². The lowest BCUT2D eigenvalue weighted by Crippen LogP contribution is -2.54. The molecule has 0 radical (unpaired) electrons. The Balaban J connectivity index is 1.51. The quantitative estimate of drug-likeness (QED) is 0.846. The molecular formula is C21H32N2O3. The third kappa shape index (κ3) is 4.57. The summed E-state index contributed by atoms with van der Waals surface area (Å²) in [5.74, 6) is 1.14. The first kappa shape index (κ1) is 19.2. The smallest absolute Gasteiger partial charge is 0.222 e. The highest BCUT2D eigenvalue weighted by Gasteiger charge is 2.41. The molecule has 3 rings (SSSR count). The Morgan fingerprint density at radius 1 is 1.15 bits per heavy atom. The number of rotatable bonds is 6. The van der Waals surface area contributed by atoms with Gasteiger partial charge in [-0.15, -0.1) is 0 Å². The van der Waals surface area contributed by atoms with Crippen molar-refractivity contribution in [2.45, 2.75) is 39.5 Å². The Hall–Kier alpha value is -1.59. The number of piperidine rings is 2. The van der Waals surface area contributed by atoms with E-state index in [0.29, 0.717) is 19.6 Å². The number of benzene rings is 1. The van der Waals surface area contributed by atoms with Crippen LogP contribution in [0.1, 0.15) is 36.8 Å². The first-order chi connectivity index (χ1) is 12.5. The van der Waals surface area contributed by atoms with Crippen molar-refractivity contribution in [3.05, 3.63) is 29.3 Å². The molecule has 2 aliphatic heterocycles. The van der Waals surface area contributed by atoms with Crippen LogP contribution in [0.4, 0.5) is 0 Å². The largest absolute Gasteiger partial charge is 0.492 e. The molecule has 26 heavy (non-hydrogen) atoms. The lowest BCUT2D eigenvalue weighted by atomic mass is 9.73. The van der Waals surface area contributed by atoms with Crippen LogP contribution in [-0.4, -0.2) is 66.8 Å². The molecule has 2 saturated heterocycles. The Bertz CT molecular complexity index is 634. The summed E-state index contributed by atoms with van der Waals surface area (Å²) in [6.07, 6.45) is 3.94. The van der Waals surface area contributed by atoms with Crippen LogP contribution in [0.2, 0.25) is 0 Å². The molecule has 1 N–H and O–H groups in total. The third-order valence-corrected chi connectivity index (χ3v) is 6.01. The minimum absolute atomic E-state index is 0.0509. The van der Waals surface area contributed by atoms with Gasteiger partial charge in [0.15, 0.2) is 0 Å². The van der Waals surface area contributed by atoms with E-state index in [1.165, 1.54) is 24.0 Å². The zero-order valence-electron chi connectivity index (χ0n) is 16.2. The van der Waals surface area contributed by atoms with Crippen LogP contribution < -0.4 is 4.74 Å². The summed E-state index contributed by atoms with van der Waals surface area (Å²) >= 11 is 0. The van der Waals surface area contributed by atoms with Gasteiger partial charge in [0.05, 0.1) is 6.61 Å². The topological polar surface area (TPSA) is 53.0 Å². The van der Waals surface area contributed by atoms with Crippen molar-refractivity contribution in [3.63, 3.8) is 0 Å². The second kappa shape index (κ2) is 8.40. The average Bonchev–Trinajstić information content (AvgIpc) is 2.62. The van der Waals surface area contributed by atoms with Crippen LogP contribution in [0.15, 0.2) is 18.2 Å². The summed E-state index contributed by atoms with van der Waals surface area (Å²) in [6.45, 7) is 9.28. The zero-order valence-corrected chi connectivity index (χ0v) is 16.2. The number of hydrogen-bond acceptors (Lipinski definition) is 4. The predicted molar refractivity (Wildman–Crippen MR) is 102 cm³/mol. The second-order valence-electron chi connectivity index (χ2n) is 8.01. The van der Waals surface area contributed by atoms with Gasteiger partial charge in [-0.25, -0.2) is 0 Å². The molecule has 1 unspecified atom stereocenters. The van der Waals surface area contributed by atoms with Crippen LogP contribution in [0.5, 0.6) is 5.75 Å². The van der Waals surface area contributed by atoms with Crippen molar-refractivity contribution in [2.24, 2.45) is 5.41 Å². The summed E-state index contributed by atoms with van der Waals surface area (Å²) in [5.41, 5.74) is 2.74. The summed E-state index contributed by atoms with van der Waals surface area (Å²) in [5, 5.41) is 9.22. The predicted octanol–water partition coefficient (Wildman–Crippen LogP) is 2.38. The Morgan fingerprint density at radius 2 is 2.00 bits per heavy atom. The number of carbonyl (C=O) groups is 1. The van der Waals surface area contributed by atoms with Gasteiger partial charge in [-0.3, -0.25) is 9.69 Å². The van der Waals surface area contributed by atoms with E-state index in [4.69, 9.17) is 4.74 Å². The highest BCUT2D eigenvalue weighted by atomic mass is 16.5. The van der Waals surface area contributed by atoms with Crippen molar-refractivity contribution < 1.29 is 14.6 Å². The van der Waals surface area contributed by atoms with Gasteiger partial charge in [0.2, 0.25) is 5.91 Å². The van der Waals surface area contributed by atoms with Crippen LogP contribution in [0.3, 0.4) is 0 Å². The van der Waals surface area contributed by atoms with Crippen LogP contribution >= 0.6 is 0 Å². The van der Waals surface area contributed by atoms with Gasteiger partial charge in [-0.2, -0.15) is 0 Å². The van der Waals surface area contributed by atoms with Gasteiger partial charge >= 0.3 is 0 Å². The van der Waals surface area contributed by atoms with Gasteiger partial charge in [-0.05, 0) is 62.9 Å². The fraction of sp³-hybridized carbons (Fsp3) is 0.667. The molecular weight excluding hydrogens is 328 g/mol. The fourth-order valence-electron chi connectivity index (χ4n) is 4.36. The van der Waals surface area contributed by atoms with Crippen molar-refractivity contribution in [1.82, 2.24) is 9.80 Å². The van der Waals surface area contributed by atoms with Crippen LogP contribution in [0, 0.1) is 19.3 Å². The van der Waals surface area contributed by atoms with Crippen LogP contribution in [0.25, 0.3) is 0 Å². The summed E-state index contributed by atoms with van der Waals surface area (Å²) in [7, 11) is 0. The SMILES string of the molecule is Cc1ccc(OCCN2CCCC3(CCC(=O)N(CCO)C3)C2)cc1C. The minimum Gasteiger partial charge on any atom is -0.492 e. The van der Waals surface area contributed by atoms with Gasteiger partial charge in [0, 0.05) is 38.0 Å². The average molecular weight is 360 g/mol. The molecule has 0 aliphatic carbocycles. The highest BCUT2D eigenvalue weighted by molar-refractivity contribution is 5.77. The molecule has 2 heterocycles.